The van der Waals surface area contributed by atoms with Crippen molar-refractivity contribution in [2.75, 3.05) is 18.8 Å². The van der Waals surface area contributed by atoms with Crippen molar-refractivity contribution >= 4 is 28.7 Å². The molecule has 1 fully saturated rings. The number of fused-ring (bicyclic) bond motifs is 1. The molecule has 2 heterocycles. The van der Waals surface area contributed by atoms with E-state index in [-0.39, 0.29) is 5.91 Å². The molecule has 0 atom stereocenters. The standard InChI is InChI=1S/C13H15N3OS/c1-9-3-4-10-11(7-9)15-13(14-10)18-8-12(17)16-5-2-6-16/h3-4,7H,2,5-6,8H2,1H3,(H,14,15). The van der Waals surface area contributed by atoms with Gasteiger partial charge < -0.3 is 9.88 Å². The van der Waals surface area contributed by atoms with Crippen molar-refractivity contribution in [1.29, 1.82) is 0 Å². The molecule has 2 aromatic rings. The number of nitrogens with one attached hydrogen (secondary N) is 1. The summed E-state index contributed by atoms with van der Waals surface area (Å²) in [6, 6.07) is 6.12. The maximum absolute atomic E-state index is 11.7. The number of hydrogen-bond donors (Lipinski definition) is 1. The predicted octanol–water partition coefficient (Wildman–Crippen LogP) is 2.20. The van der Waals surface area contributed by atoms with E-state index in [2.05, 4.69) is 23.0 Å². The van der Waals surface area contributed by atoms with Crippen molar-refractivity contribution in [1.82, 2.24) is 14.9 Å². The number of hydrogen-bond acceptors (Lipinski definition) is 3. The monoisotopic (exact) mass is 261 g/mol. The zero-order chi connectivity index (χ0) is 12.5. The molecule has 4 nitrogen and oxygen atoms in total. The number of amides is 1. The van der Waals surface area contributed by atoms with Gasteiger partial charge in [0.1, 0.15) is 0 Å². The number of aromatic amines is 1. The van der Waals surface area contributed by atoms with Gasteiger partial charge in [-0.25, -0.2) is 4.98 Å². The van der Waals surface area contributed by atoms with Crippen LogP contribution in [0.2, 0.25) is 0 Å². The second kappa shape index (κ2) is 4.65. The molecule has 1 aromatic heterocycles. The molecule has 3 rings (SSSR count). The lowest BCUT2D eigenvalue weighted by atomic mass is 10.2. The fourth-order valence-electron chi connectivity index (χ4n) is 1.96. The molecule has 94 valence electrons. The van der Waals surface area contributed by atoms with Gasteiger partial charge in [-0.2, -0.15) is 0 Å². The minimum atomic E-state index is 0.211. The van der Waals surface area contributed by atoms with Crippen molar-refractivity contribution in [3.8, 4) is 0 Å². The van der Waals surface area contributed by atoms with Crippen molar-refractivity contribution < 1.29 is 4.79 Å². The van der Waals surface area contributed by atoms with Gasteiger partial charge in [0.15, 0.2) is 5.16 Å². The summed E-state index contributed by atoms with van der Waals surface area (Å²) < 4.78 is 0. The first kappa shape index (κ1) is 11.6. The molecule has 0 radical (unpaired) electrons. The molecule has 1 amide bonds. The van der Waals surface area contributed by atoms with Crippen LogP contribution < -0.4 is 0 Å². The Morgan fingerprint density at radius 3 is 3.06 bits per heavy atom. The Morgan fingerprint density at radius 1 is 1.50 bits per heavy atom. The molecule has 0 aliphatic carbocycles. The third kappa shape index (κ3) is 2.22. The number of aromatic nitrogens is 2. The molecule has 1 saturated heterocycles. The molecule has 1 aromatic carbocycles. The summed E-state index contributed by atoms with van der Waals surface area (Å²) >= 11 is 1.48. The van der Waals surface area contributed by atoms with Gasteiger partial charge in [0.2, 0.25) is 5.91 Å². The second-order valence-electron chi connectivity index (χ2n) is 4.59. The van der Waals surface area contributed by atoms with Gasteiger partial charge in [-0.05, 0) is 31.0 Å². The highest BCUT2D eigenvalue weighted by Gasteiger charge is 2.20. The van der Waals surface area contributed by atoms with Crippen molar-refractivity contribution in [2.24, 2.45) is 0 Å². The van der Waals surface area contributed by atoms with Gasteiger partial charge in [0, 0.05) is 13.1 Å². The fraction of sp³-hybridized carbons (Fsp3) is 0.385. The Labute approximate surface area is 110 Å². The lowest BCUT2D eigenvalue weighted by Gasteiger charge is -2.30. The van der Waals surface area contributed by atoms with E-state index in [4.69, 9.17) is 0 Å². The van der Waals surface area contributed by atoms with Gasteiger partial charge in [-0.15, -0.1) is 0 Å². The van der Waals surface area contributed by atoms with Crippen molar-refractivity contribution in [2.45, 2.75) is 18.5 Å². The lowest BCUT2D eigenvalue weighted by Crippen LogP contribution is -2.43. The van der Waals surface area contributed by atoms with E-state index < -0.39 is 0 Å². The third-order valence-electron chi connectivity index (χ3n) is 3.16. The average molecular weight is 261 g/mol. The van der Waals surface area contributed by atoms with E-state index in [0.29, 0.717) is 5.75 Å². The smallest absolute Gasteiger partial charge is 0.233 e. The van der Waals surface area contributed by atoms with E-state index in [1.807, 2.05) is 17.0 Å². The molecule has 1 N–H and O–H groups in total. The van der Waals surface area contributed by atoms with Crippen LogP contribution in [0.5, 0.6) is 0 Å². The van der Waals surface area contributed by atoms with Crippen LogP contribution in [0.15, 0.2) is 23.4 Å². The summed E-state index contributed by atoms with van der Waals surface area (Å²) in [4.78, 5) is 21.3. The summed E-state index contributed by atoms with van der Waals surface area (Å²) in [5.41, 5.74) is 3.20. The molecular formula is C13H15N3OS. The number of benzene rings is 1. The highest BCUT2D eigenvalue weighted by molar-refractivity contribution is 7.99. The third-order valence-corrected chi connectivity index (χ3v) is 4.01. The van der Waals surface area contributed by atoms with Crippen LogP contribution in [0.1, 0.15) is 12.0 Å². The number of imidazole rings is 1. The summed E-state index contributed by atoms with van der Waals surface area (Å²) in [6.45, 7) is 3.89. The van der Waals surface area contributed by atoms with Crippen LogP contribution in [-0.2, 0) is 4.79 Å². The van der Waals surface area contributed by atoms with E-state index >= 15 is 0 Å². The number of likely N-dealkylation sites (tertiary alicyclic amines) is 1. The molecule has 1 aliphatic rings. The minimum Gasteiger partial charge on any atom is -0.342 e. The Bertz CT molecular complexity index is 589. The van der Waals surface area contributed by atoms with Gasteiger partial charge in [-0.1, -0.05) is 17.8 Å². The largest absolute Gasteiger partial charge is 0.342 e. The molecule has 5 heteroatoms. The van der Waals surface area contributed by atoms with Crippen molar-refractivity contribution in [3.05, 3.63) is 23.8 Å². The number of carbonyl (C=O) groups is 1. The van der Waals surface area contributed by atoms with E-state index in [0.717, 1.165) is 35.7 Å². The fourth-order valence-corrected chi connectivity index (χ4v) is 2.74. The van der Waals surface area contributed by atoms with E-state index in [1.165, 1.54) is 17.3 Å². The average Bonchev–Trinajstić information content (AvgIpc) is 2.65. The minimum absolute atomic E-state index is 0.211. The number of aryl methyl sites for hydroxylation is 1. The van der Waals surface area contributed by atoms with E-state index in [9.17, 15) is 4.79 Å². The van der Waals surface area contributed by atoms with Crippen LogP contribution in [0.3, 0.4) is 0 Å². The summed E-state index contributed by atoms with van der Waals surface area (Å²) in [5.74, 6) is 0.682. The Morgan fingerprint density at radius 2 is 2.33 bits per heavy atom. The summed E-state index contributed by atoms with van der Waals surface area (Å²) in [5, 5.41) is 0.824. The highest BCUT2D eigenvalue weighted by Crippen LogP contribution is 2.21. The number of thioether (sulfide) groups is 1. The Kier molecular flexibility index (Phi) is 2.99. The zero-order valence-electron chi connectivity index (χ0n) is 10.3. The topological polar surface area (TPSA) is 49.0 Å². The summed E-state index contributed by atoms with van der Waals surface area (Å²) in [6.07, 6.45) is 1.14. The molecular weight excluding hydrogens is 246 g/mol. The van der Waals surface area contributed by atoms with Crippen LogP contribution in [-0.4, -0.2) is 39.6 Å². The van der Waals surface area contributed by atoms with Crippen LogP contribution in [0.25, 0.3) is 11.0 Å². The zero-order valence-corrected chi connectivity index (χ0v) is 11.1. The maximum atomic E-state index is 11.7. The first-order valence-electron chi connectivity index (χ1n) is 6.09. The number of carbonyl (C=O) groups excluding carboxylic acids is 1. The van der Waals surface area contributed by atoms with Gasteiger partial charge in [0.25, 0.3) is 0 Å². The van der Waals surface area contributed by atoms with E-state index in [1.54, 1.807) is 0 Å². The van der Waals surface area contributed by atoms with Gasteiger partial charge >= 0.3 is 0 Å². The molecule has 0 saturated carbocycles. The van der Waals surface area contributed by atoms with Crippen LogP contribution in [0.4, 0.5) is 0 Å². The molecule has 0 bridgehead atoms. The number of rotatable bonds is 3. The predicted molar refractivity (Wildman–Crippen MR) is 72.8 cm³/mol. The quantitative estimate of drug-likeness (QED) is 0.862. The summed E-state index contributed by atoms with van der Waals surface area (Å²) in [7, 11) is 0. The van der Waals surface area contributed by atoms with Crippen LogP contribution in [0, 0.1) is 6.92 Å². The van der Waals surface area contributed by atoms with Gasteiger partial charge in [0.05, 0.1) is 16.8 Å². The number of nitrogens with zero attached hydrogens (tertiary/aromatic N) is 2. The molecule has 0 spiro atoms. The Hall–Kier alpha value is -1.49. The lowest BCUT2D eigenvalue weighted by molar-refractivity contribution is -0.131. The second-order valence-corrected chi connectivity index (χ2v) is 5.55. The molecule has 1 aliphatic heterocycles. The highest BCUT2D eigenvalue weighted by atomic mass is 32.2. The molecule has 18 heavy (non-hydrogen) atoms. The number of H-pyrrole nitrogens is 1. The maximum Gasteiger partial charge on any atom is 0.233 e. The van der Waals surface area contributed by atoms with Crippen LogP contribution >= 0.6 is 11.8 Å². The Balaban J connectivity index is 1.68. The first-order valence-corrected chi connectivity index (χ1v) is 7.08. The van der Waals surface area contributed by atoms with Gasteiger partial charge in [-0.3, -0.25) is 4.79 Å². The molecule has 0 unspecified atom stereocenters. The SMILES string of the molecule is Cc1ccc2nc(SCC(=O)N3CCC3)[nH]c2c1. The van der Waals surface area contributed by atoms with Crippen molar-refractivity contribution in [3.63, 3.8) is 0 Å². The first-order chi connectivity index (χ1) is 8.72. The normalized spacial score (nSPS) is 14.8.